The standard InChI is InChI=1S/C34H34O6/c35-20-27-15-7-9-17-30(27)31-18-10-8-16-28(31)23-37-24-29-19-32(38-21-25-11-3-1-4-12-25)33(34(36)40-29)39-22-26-13-5-2-6-14-26/h1-18,29,32-33,35H,19-24H2/t29-,32-,33?/m0/s1. The number of carbonyl (C=O) groups is 1. The van der Waals surface area contributed by atoms with E-state index in [2.05, 4.69) is 0 Å². The van der Waals surface area contributed by atoms with Crippen molar-refractivity contribution in [2.45, 2.75) is 51.2 Å². The fourth-order valence-corrected chi connectivity index (χ4v) is 4.91. The Morgan fingerprint density at radius 2 is 1.23 bits per heavy atom. The Morgan fingerprint density at radius 3 is 1.88 bits per heavy atom. The molecule has 4 aromatic carbocycles. The van der Waals surface area contributed by atoms with Crippen LogP contribution in [-0.2, 0) is 50.2 Å². The Balaban J connectivity index is 1.23. The molecule has 1 fully saturated rings. The van der Waals surface area contributed by atoms with Crippen LogP contribution < -0.4 is 0 Å². The fraction of sp³-hybridized carbons (Fsp3) is 0.265. The average molecular weight is 539 g/mol. The molecule has 1 aliphatic rings. The molecule has 0 aromatic heterocycles. The summed E-state index contributed by atoms with van der Waals surface area (Å²) in [5, 5.41) is 9.81. The van der Waals surface area contributed by atoms with Crippen LogP contribution in [0.15, 0.2) is 109 Å². The average Bonchev–Trinajstić information content (AvgIpc) is 3.01. The third-order valence-electron chi connectivity index (χ3n) is 6.98. The number of hydrogen-bond donors (Lipinski definition) is 1. The second-order valence-electron chi connectivity index (χ2n) is 9.83. The van der Waals surface area contributed by atoms with Crippen molar-refractivity contribution in [1.29, 1.82) is 0 Å². The van der Waals surface area contributed by atoms with Gasteiger partial charge < -0.3 is 24.1 Å². The molecule has 4 aromatic rings. The minimum absolute atomic E-state index is 0.0404. The number of aliphatic hydroxyl groups is 1. The van der Waals surface area contributed by atoms with E-state index in [1.807, 2.05) is 109 Å². The zero-order valence-corrected chi connectivity index (χ0v) is 22.4. The Morgan fingerprint density at radius 1 is 0.675 bits per heavy atom. The monoisotopic (exact) mass is 538 g/mol. The Bertz CT molecular complexity index is 1360. The van der Waals surface area contributed by atoms with Gasteiger partial charge in [0.05, 0.1) is 39.1 Å². The van der Waals surface area contributed by atoms with Crippen LogP contribution in [0.25, 0.3) is 11.1 Å². The highest BCUT2D eigenvalue weighted by molar-refractivity contribution is 5.76. The van der Waals surface area contributed by atoms with Crippen molar-refractivity contribution >= 4 is 5.97 Å². The van der Waals surface area contributed by atoms with Gasteiger partial charge in [0.25, 0.3) is 0 Å². The largest absolute Gasteiger partial charge is 0.458 e. The van der Waals surface area contributed by atoms with Crippen molar-refractivity contribution in [1.82, 2.24) is 0 Å². The van der Waals surface area contributed by atoms with Gasteiger partial charge in [-0.1, -0.05) is 109 Å². The highest BCUT2D eigenvalue weighted by Crippen LogP contribution is 2.29. The predicted octanol–water partition coefficient (Wildman–Crippen LogP) is 5.85. The molecule has 0 bridgehead atoms. The van der Waals surface area contributed by atoms with Crippen molar-refractivity contribution in [3.8, 4) is 11.1 Å². The summed E-state index contributed by atoms with van der Waals surface area (Å²) in [6.45, 7) is 1.20. The third-order valence-corrected chi connectivity index (χ3v) is 6.98. The minimum Gasteiger partial charge on any atom is -0.458 e. The third kappa shape index (κ3) is 7.23. The van der Waals surface area contributed by atoms with E-state index in [1.54, 1.807) is 0 Å². The molecule has 1 unspecified atom stereocenters. The normalized spacial score (nSPS) is 18.8. The van der Waals surface area contributed by atoms with E-state index < -0.39 is 24.3 Å². The smallest absolute Gasteiger partial charge is 0.338 e. The van der Waals surface area contributed by atoms with Crippen LogP contribution in [0.3, 0.4) is 0 Å². The van der Waals surface area contributed by atoms with Crippen molar-refractivity contribution in [2.75, 3.05) is 6.61 Å². The van der Waals surface area contributed by atoms with E-state index in [4.69, 9.17) is 18.9 Å². The van der Waals surface area contributed by atoms with Crippen molar-refractivity contribution < 1.29 is 28.8 Å². The van der Waals surface area contributed by atoms with Crippen LogP contribution in [0.1, 0.15) is 28.7 Å². The minimum atomic E-state index is -0.823. The number of ether oxygens (including phenoxy) is 4. The van der Waals surface area contributed by atoms with Crippen molar-refractivity contribution in [2.24, 2.45) is 0 Å². The number of rotatable bonds is 12. The van der Waals surface area contributed by atoms with E-state index in [0.717, 1.165) is 33.4 Å². The summed E-state index contributed by atoms with van der Waals surface area (Å²) >= 11 is 0. The molecular formula is C34H34O6. The van der Waals surface area contributed by atoms with Gasteiger partial charge in [-0.3, -0.25) is 0 Å². The second-order valence-corrected chi connectivity index (χ2v) is 9.83. The summed E-state index contributed by atoms with van der Waals surface area (Å²) in [5.74, 6) is -0.439. The zero-order chi connectivity index (χ0) is 27.6. The van der Waals surface area contributed by atoms with E-state index in [-0.39, 0.29) is 13.2 Å². The van der Waals surface area contributed by atoms with Crippen molar-refractivity contribution in [3.05, 3.63) is 131 Å². The first kappa shape index (κ1) is 27.7. The van der Waals surface area contributed by atoms with Crippen LogP contribution in [0, 0.1) is 0 Å². The Kier molecular flexibility index (Phi) is 9.72. The molecule has 1 aliphatic heterocycles. The molecule has 1 N–H and O–H groups in total. The number of cyclic esters (lactones) is 1. The van der Waals surface area contributed by atoms with E-state index in [9.17, 15) is 9.90 Å². The second kappa shape index (κ2) is 14.0. The van der Waals surface area contributed by atoms with Crippen LogP contribution in [-0.4, -0.2) is 36.0 Å². The van der Waals surface area contributed by atoms with Crippen LogP contribution in [0.2, 0.25) is 0 Å². The lowest BCUT2D eigenvalue weighted by Gasteiger charge is -2.34. The van der Waals surface area contributed by atoms with E-state index >= 15 is 0 Å². The maximum absolute atomic E-state index is 13.1. The molecule has 1 heterocycles. The highest BCUT2D eigenvalue weighted by atomic mass is 16.6. The Labute approximate surface area is 235 Å². The molecule has 0 radical (unpaired) electrons. The first-order valence-electron chi connectivity index (χ1n) is 13.6. The molecule has 5 rings (SSSR count). The molecule has 6 heteroatoms. The maximum Gasteiger partial charge on any atom is 0.338 e. The quantitative estimate of drug-likeness (QED) is 0.228. The van der Waals surface area contributed by atoms with Crippen LogP contribution in [0.5, 0.6) is 0 Å². The molecule has 206 valence electrons. The Hall–Kier alpha value is -3.81. The van der Waals surface area contributed by atoms with Crippen LogP contribution >= 0.6 is 0 Å². The summed E-state index contributed by atoms with van der Waals surface area (Å²) in [4.78, 5) is 13.1. The lowest BCUT2D eigenvalue weighted by molar-refractivity contribution is -0.199. The molecule has 1 saturated heterocycles. The van der Waals surface area contributed by atoms with Gasteiger partial charge in [-0.25, -0.2) is 4.79 Å². The number of carbonyl (C=O) groups excluding carboxylic acids is 1. The number of esters is 1. The zero-order valence-electron chi connectivity index (χ0n) is 22.4. The molecule has 0 spiro atoms. The topological polar surface area (TPSA) is 74.2 Å². The van der Waals surface area contributed by atoms with Crippen LogP contribution in [0.4, 0.5) is 0 Å². The van der Waals surface area contributed by atoms with Gasteiger partial charge in [-0.2, -0.15) is 0 Å². The highest BCUT2D eigenvalue weighted by Gasteiger charge is 2.40. The van der Waals surface area contributed by atoms with Gasteiger partial charge in [0.15, 0.2) is 6.10 Å². The molecule has 40 heavy (non-hydrogen) atoms. The number of hydrogen-bond acceptors (Lipinski definition) is 6. The van der Waals surface area contributed by atoms with E-state index in [1.165, 1.54) is 0 Å². The summed E-state index contributed by atoms with van der Waals surface area (Å²) in [5.41, 5.74) is 5.83. The SMILES string of the molecule is O=C1O[C@H](COCc2ccccc2-c2ccccc2CO)C[C@H](OCc2ccccc2)C1OCc1ccccc1. The molecule has 6 nitrogen and oxygen atoms in total. The van der Waals surface area contributed by atoms with Gasteiger partial charge in [-0.05, 0) is 33.4 Å². The summed E-state index contributed by atoms with van der Waals surface area (Å²) < 4.78 is 24.1. The van der Waals surface area contributed by atoms with Crippen molar-refractivity contribution in [3.63, 3.8) is 0 Å². The summed E-state index contributed by atoms with van der Waals surface area (Å²) in [6.07, 6.45) is -1.28. The van der Waals surface area contributed by atoms with E-state index in [0.29, 0.717) is 26.2 Å². The molecule has 0 aliphatic carbocycles. The summed E-state index contributed by atoms with van der Waals surface area (Å²) in [6, 6.07) is 35.4. The van der Waals surface area contributed by atoms with Gasteiger partial charge in [0, 0.05) is 6.42 Å². The van der Waals surface area contributed by atoms with Gasteiger partial charge >= 0.3 is 5.97 Å². The molecular weight excluding hydrogens is 504 g/mol. The van der Waals surface area contributed by atoms with Gasteiger partial charge in [0.2, 0.25) is 0 Å². The molecule has 0 amide bonds. The summed E-state index contributed by atoms with van der Waals surface area (Å²) in [7, 11) is 0. The number of benzene rings is 4. The predicted molar refractivity (Wildman–Crippen MR) is 152 cm³/mol. The molecule has 0 saturated carbocycles. The lowest BCUT2D eigenvalue weighted by Crippen LogP contribution is -2.49. The fourth-order valence-electron chi connectivity index (χ4n) is 4.91. The van der Waals surface area contributed by atoms with Gasteiger partial charge in [0.1, 0.15) is 6.10 Å². The maximum atomic E-state index is 13.1. The first-order valence-corrected chi connectivity index (χ1v) is 13.6. The number of aliphatic hydroxyl groups excluding tert-OH is 1. The van der Waals surface area contributed by atoms with Gasteiger partial charge in [-0.15, -0.1) is 0 Å². The first-order chi connectivity index (χ1) is 19.7. The molecule has 3 atom stereocenters. The lowest BCUT2D eigenvalue weighted by atomic mass is 9.96.